The molecule has 0 aliphatic heterocycles. The Kier molecular flexibility index (Phi) is 5.55. The Morgan fingerprint density at radius 2 is 1.78 bits per heavy atom. The first-order chi connectivity index (χ1) is 12.9. The van der Waals surface area contributed by atoms with Crippen LogP contribution >= 0.6 is 11.8 Å². The number of hydrogen-bond acceptors (Lipinski definition) is 7. The molecular formula is C19H21N3O4S. The molecule has 142 valence electrons. The SMILES string of the molecule is COc1cc(OC)cc(-c2nnc(SCC(=O)c3cc(C)n(C)c3C)o2)c1. The Bertz CT molecular complexity index is 955. The molecule has 3 rings (SSSR count). The molecule has 0 aliphatic rings. The molecule has 0 unspecified atom stereocenters. The van der Waals surface area contributed by atoms with E-state index in [1.54, 1.807) is 32.4 Å². The van der Waals surface area contributed by atoms with E-state index >= 15 is 0 Å². The zero-order valence-corrected chi connectivity index (χ0v) is 16.7. The molecule has 27 heavy (non-hydrogen) atoms. The van der Waals surface area contributed by atoms with Crippen LogP contribution in [0.3, 0.4) is 0 Å². The molecule has 0 radical (unpaired) electrons. The van der Waals surface area contributed by atoms with E-state index in [9.17, 15) is 4.79 Å². The van der Waals surface area contributed by atoms with Gasteiger partial charge in [-0.25, -0.2) is 0 Å². The maximum atomic E-state index is 12.5. The van der Waals surface area contributed by atoms with Crippen LogP contribution < -0.4 is 9.47 Å². The van der Waals surface area contributed by atoms with Gasteiger partial charge in [-0.15, -0.1) is 10.2 Å². The van der Waals surface area contributed by atoms with Crippen LogP contribution in [0.1, 0.15) is 21.7 Å². The highest BCUT2D eigenvalue weighted by molar-refractivity contribution is 7.99. The summed E-state index contributed by atoms with van der Waals surface area (Å²) in [6.45, 7) is 3.91. The van der Waals surface area contributed by atoms with E-state index in [0.29, 0.717) is 28.2 Å². The molecule has 0 amide bonds. The summed E-state index contributed by atoms with van der Waals surface area (Å²) in [6.07, 6.45) is 0. The van der Waals surface area contributed by atoms with Crippen molar-refractivity contribution in [1.29, 1.82) is 0 Å². The number of thioether (sulfide) groups is 1. The van der Waals surface area contributed by atoms with Crippen LogP contribution in [0.5, 0.6) is 11.5 Å². The number of aryl methyl sites for hydroxylation is 1. The highest BCUT2D eigenvalue weighted by Crippen LogP contribution is 2.30. The third-order valence-corrected chi connectivity index (χ3v) is 5.23. The molecule has 0 saturated heterocycles. The monoisotopic (exact) mass is 387 g/mol. The molecule has 0 atom stereocenters. The smallest absolute Gasteiger partial charge is 0.277 e. The zero-order chi connectivity index (χ0) is 19.6. The summed E-state index contributed by atoms with van der Waals surface area (Å²) in [5, 5.41) is 8.42. The van der Waals surface area contributed by atoms with Crippen LogP contribution in [0.15, 0.2) is 33.9 Å². The van der Waals surface area contributed by atoms with Crippen LogP contribution in [0.4, 0.5) is 0 Å². The molecular weight excluding hydrogens is 366 g/mol. The standard InChI is InChI=1S/C19H21N3O4S/c1-11-6-16(12(2)22(11)3)17(23)10-27-19-21-20-18(26-19)13-7-14(24-4)9-15(8-13)25-5/h6-9H,10H2,1-5H3. The molecule has 8 heteroatoms. The fourth-order valence-electron chi connectivity index (χ4n) is 2.66. The normalized spacial score (nSPS) is 10.9. The molecule has 0 fully saturated rings. The van der Waals surface area contributed by atoms with E-state index in [-0.39, 0.29) is 11.5 Å². The van der Waals surface area contributed by atoms with Crippen molar-refractivity contribution in [1.82, 2.24) is 14.8 Å². The first-order valence-electron chi connectivity index (χ1n) is 8.28. The lowest BCUT2D eigenvalue weighted by molar-refractivity contribution is 0.102. The van der Waals surface area contributed by atoms with E-state index in [1.165, 1.54) is 11.8 Å². The van der Waals surface area contributed by atoms with Crippen LogP contribution in [0.25, 0.3) is 11.5 Å². The lowest BCUT2D eigenvalue weighted by Crippen LogP contribution is -2.04. The van der Waals surface area contributed by atoms with Gasteiger partial charge in [0.15, 0.2) is 5.78 Å². The Labute approximate surface area is 161 Å². The first kappa shape index (κ1) is 19.0. The van der Waals surface area contributed by atoms with Gasteiger partial charge in [0, 0.05) is 35.6 Å². The van der Waals surface area contributed by atoms with E-state index in [2.05, 4.69) is 10.2 Å². The minimum atomic E-state index is 0.0315. The van der Waals surface area contributed by atoms with Crippen molar-refractivity contribution in [2.45, 2.75) is 19.1 Å². The van der Waals surface area contributed by atoms with Crippen LogP contribution in [0, 0.1) is 13.8 Å². The number of Topliss-reactive ketones (excluding diaryl/α,β-unsaturated/α-hetero) is 1. The number of methoxy groups -OCH3 is 2. The van der Waals surface area contributed by atoms with Gasteiger partial charge in [-0.1, -0.05) is 11.8 Å². The molecule has 1 aromatic carbocycles. The van der Waals surface area contributed by atoms with Gasteiger partial charge < -0.3 is 18.5 Å². The van der Waals surface area contributed by atoms with Crippen molar-refractivity contribution in [2.75, 3.05) is 20.0 Å². The highest BCUT2D eigenvalue weighted by Gasteiger charge is 2.17. The third-order valence-electron chi connectivity index (χ3n) is 4.41. The molecule has 0 saturated carbocycles. The summed E-state index contributed by atoms with van der Waals surface area (Å²) in [6, 6.07) is 7.23. The molecule has 3 aromatic rings. The topological polar surface area (TPSA) is 79.4 Å². The highest BCUT2D eigenvalue weighted by atomic mass is 32.2. The number of aromatic nitrogens is 3. The summed E-state index contributed by atoms with van der Waals surface area (Å²) in [7, 11) is 5.10. The van der Waals surface area contributed by atoms with Crippen molar-refractivity contribution in [2.24, 2.45) is 7.05 Å². The summed E-state index contributed by atoms with van der Waals surface area (Å²) < 4.78 is 18.2. The largest absolute Gasteiger partial charge is 0.497 e. The van der Waals surface area contributed by atoms with Gasteiger partial charge in [-0.05, 0) is 32.0 Å². The molecule has 0 spiro atoms. The van der Waals surface area contributed by atoms with Crippen molar-refractivity contribution in [3.63, 3.8) is 0 Å². The van der Waals surface area contributed by atoms with E-state index in [4.69, 9.17) is 13.9 Å². The van der Waals surface area contributed by atoms with Crippen LogP contribution in [0.2, 0.25) is 0 Å². The van der Waals surface area contributed by atoms with Gasteiger partial charge >= 0.3 is 0 Å². The van der Waals surface area contributed by atoms with E-state index in [1.807, 2.05) is 31.5 Å². The second-order valence-electron chi connectivity index (χ2n) is 6.03. The number of carbonyl (C=O) groups excluding carboxylic acids is 1. The summed E-state index contributed by atoms with van der Waals surface area (Å²) >= 11 is 1.22. The minimum Gasteiger partial charge on any atom is -0.497 e. The summed E-state index contributed by atoms with van der Waals surface area (Å²) in [4.78, 5) is 12.5. The van der Waals surface area contributed by atoms with Gasteiger partial charge in [0.1, 0.15) is 11.5 Å². The van der Waals surface area contributed by atoms with Crippen LogP contribution in [-0.2, 0) is 7.05 Å². The maximum absolute atomic E-state index is 12.5. The molecule has 0 aliphatic carbocycles. The van der Waals surface area contributed by atoms with Crippen molar-refractivity contribution < 1.29 is 18.7 Å². The molecule has 2 aromatic heterocycles. The second-order valence-corrected chi connectivity index (χ2v) is 6.96. The average molecular weight is 387 g/mol. The lowest BCUT2D eigenvalue weighted by atomic mass is 10.2. The minimum absolute atomic E-state index is 0.0315. The number of benzene rings is 1. The Hall–Kier alpha value is -2.74. The predicted molar refractivity (Wildman–Crippen MR) is 103 cm³/mol. The van der Waals surface area contributed by atoms with Gasteiger partial charge in [0.2, 0.25) is 5.89 Å². The fraction of sp³-hybridized carbons (Fsp3) is 0.316. The van der Waals surface area contributed by atoms with Gasteiger partial charge in [0.25, 0.3) is 5.22 Å². The lowest BCUT2D eigenvalue weighted by Gasteiger charge is -2.05. The van der Waals surface area contributed by atoms with Gasteiger partial charge in [-0.2, -0.15) is 0 Å². The summed E-state index contributed by atoms with van der Waals surface area (Å²) in [5.74, 6) is 1.86. The average Bonchev–Trinajstić information content (AvgIpc) is 3.26. The molecule has 0 N–H and O–H groups in total. The Balaban J connectivity index is 1.73. The van der Waals surface area contributed by atoms with Gasteiger partial charge in [-0.3, -0.25) is 4.79 Å². The fourth-order valence-corrected chi connectivity index (χ4v) is 3.30. The number of carbonyl (C=O) groups is 1. The number of hydrogen-bond donors (Lipinski definition) is 0. The number of nitrogens with zero attached hydrogens (tertiary/aromatic N) is 3. The Morgan fingerprint density at radius 1 is 1.11 bits per heavy atom. The maximum Gasteiger partial charge on any atom is 0.277 e. The van der Waals surface area contributed by atoms with E-state index in [0.717, 1.165) is 17.0 Å². The Morgan fingerprint density at radius 3 is 2.33 bits per heavy atom. The molecule has 7 nitrogen and oxygen atoms in total. The predicted octanol–water partition coefficient (Wildman–Crippen LogP) is 3.68. The number of ether oxygens (including phenoxy) is 2. The zero-order valence-electron chi connectivity index (χ0n) is 15.9. The first-order valence-corrected chi connectivity index (χ1v) is 9.27. The summed E-state index contributed by atoms with van der Waals surface area (Å²) in [5.41, 5.74) is 3.41. The second kappa shape index (κ2) is 7.87. The van der Waals surface area contributed by atoms with Crippen molar-refractivity contribution in [3.8, 4) is 23.0 Å². The van der Waals surface area contributed by atoms with Crippen molar-refractivity contribution in [3.05, 3.63) is 41.2 Å². The quantitative estimate of drug-likeness (QED) is 0.452. The molecule has 2 heterocycles. The van der Waals surface area contributed by atoms with Gasteiger partial charge in [0.05, 0.1) is 20.0 Å². The molecule has 0 bridgehead atoms. The van der Waals surface area contributed by atoms with Crippen molar-refractivity contribution >= 4 is 17.5 Å². The third kappa shape index (κ3) is 4.00. The van der Waals surface area contributed by atoms with E-state index < -0.39 is 0 Å². The number of rotatable bonds is 7. The number of ketones is 1. The van der Waals surface area contributed by atoms with Crippen LogP contribution in [-0.4, -0.2) is 40.5 Å².